The first-order valence-electron chi connectivity index (χ1n) is 20.4. The van der Waals surface area contributed by atoms with E-state index in [0.717, 1.165) is 67.5 Å². The van der Waals surface area contributed by atoms with E-state index < -0.39 is 0 Å². The van der Waals surface area contributed by atoms with Gasteiger partial charge in [-0.25, -0.2) is 9.97 Å². The number of aromatic nitrogens is 4. The molecule has 5 nitrogen and oxygen atoms in total. The van der Waals surface area contributed by atoms with Crippen LogP contribution in [0, 0.1) is 0 Å². The van der Waals surface area contributed by atoms with E-state index in [0.29, 0.717) is 0 Å². The number of nitrogens with zero attached hydrogens (tertiary/aromatic N) is 4. The van der Waals surface area contributed by atoms with Crippen molar-refractivity contribution in [3.63, 3.8) is 0 Å². The standard InChI is InChI=1S/C54H43N5/c1-53(2,36-17-7-5-8-18-36)37-29-31-44-48(34-37)59(49-27-13-14-32-55-49)47-33-35(28-30-43(47)54(44,3)4)39-22-16-26-46-51(39)57-52(58(46)38-19-9-6-10-20-38)42-24-15-23-41-40-21-11-12-25-45(40)56-50(41)42/h5-34,56H,1-4H3. The summed E-state index contributed by atoms with van der Waals surface area (Å²) in [5, 5.41) is 2.40. The lowest BCUT2D eigenvalue weighted by Gasteiger charge is -2.42. The molecule has 10 aromatic rings. The predicted octanol–water partition coefficient (Wildman–Crippen LogP) is 13.8. The number of nitrogens with one attached hydrogen (secondary N) is 1. The van der Waals surface area contributed by atoms with Gasteiger partial charge in [0.15, 0.2) is 0 Å². The minimum Gasteiger partial charge on any atom is -0.354 e. The summed E-state index contributed by atoms with van der Waals surface area (Å²) in [7, 11) is 0. The maximum Gasteiger partial charge on any atom is 0.147 e. The Kier molecular flexibility index (Phi) is 7.79. The largest absolute Gasteiger partial charge is 0.354 e. The zero-order valence-corrected chi connectivity index (χ0v) is 33.6. The van der Waals surface area contributed by atoms with Crippen molar-refractivity contribution >= 4 is 50.0 Å². The van der Waals surface area contributed by atoms with Crippen molar-refractivity contribution in [1.29, 1.82) is 0 Å². The summed E-state index contributed by atoms with van der Waals surface area (Å²) in [5.41, 5.74) is 15.4. The topological polar surface area (TPSA) is 49.7 Å². The molecule has 0 radical (unpaired) electrons. The lowest BCUT2D eigenvalue weighted by molar-refractivity contribution is 0.620. The Bertz CT molecular complexity index is 3210. The van der Waals surface area contributed by atoms with Crippen LogP contribution in [0.5, 0.6) is 0 Å². The molecule has 7 aromatic carbocycles. The third-order valence-electron chi connectivity index (χ3n) is 12.7. The second-order valence-corrected chi connectivity index (χ2v) is 16.8. The van der Waals surface area contributed by atoms with Gasteiger partial charge in [-0.1, -0.05) is 149 Å². The van der Waals surface area contributed by atoms with Crippen molar-refractivity contribution in [3.8, 4) is 28.2 Å². The Balaban J connectivity index is 1.13. The number of anilines is 3. The maximum atomic E-state index is 5.59. The Morgan fingerprint density at radius 2 is 1.25 bits per heavy atom. The number of fused-ring (bicyclic) bond motifs is 6. The molecule has 0 aliphatic carbocycles. The van der Waals surface area contributed by atoms with E-state index in [1.54, 1.807) is 0 Å². The van der Waals surface area contributed by atoms with Gasteiger partial charge in [-0.2, -0.15) is 0 Å². The third kappa shape index (κ3) is 5.38. The molecule has 1 aliphatic rings. The Morgan fingerprint density at radius 1 is 0.576 bits per heavy atom. The number of hydrogen-bond donors (Lipinski definition) is 1. The van der Waals surface area contributed by atoms with Crippen LogP contribution in [0.15, 0.2) is 182 Å². The van der Waals surface area contributed by atoms with Gasteiger partial charge >= 0.3 is 0 Å². The zero-order valence-electron chi connectivity index (χ0n) is 33.6. The number of benzene rings is 7. The van der Waals surface area contributed by atoms with E-state index >= 15 is 0 Å². The van der Waals surface area contributed by atoms with Crippen molar-refractivity contribution in [2.75, 3.05) is 4.90 Å². The molecular weight excluding hydrogens is 719 g/mol. The highest BCUT2D eigenvalue weighted by Crippen LogP contribution is 2.53. The maximum absolute atomic E-state index is 5.59. The molecule has 3 aromatic heterocycles. The van der Waals surface area contributed by atoms with Crippen LogP contribution in [0.2, 0.25) is 0 Å². The number of aromatic amines is 1. The minimum absolute atomic E-state index is 0.208. The molecule has 0 amide bonds. The molecule has 4 heterocycles. The minimum atomic E-state index is -0.268. The van der Waals surface area contributed by atoms with E-state index in [1.807, 2.05) is 12.3 Å². The molecule has 1 aliphatic heterocycles. The lowest BCUT2D eigenvalue weighted by Crippen LogP contribution is -2.32. The number of para-hydroxylation sites is 4. The number of pyridine rings is 1. The van der Waals surface area contributed by atoms with Crippen LogP contribution in [0.3, 0.4) is 0 Å². The second-order valence-electron chi connectivity index (χ2n) is 16.8. The van der Waals surface area contributed by atoms with E-state index in [1.165, 1.54) is 33.0 Å². The number of H-pyrrole nitrogens is 1. The van der Waals surface area contributed by atoms with Gasteiger partial charge in [0.2, 0.25) is 0 Å². The summed E-state index contributed by atoms with van der Waals surface area (Å²) in [6, 6.07) is 63.2. The van der Waals surface area contributed by atoms with E-state index in [-0.39, 0.29) is 10.8 Å². The molecule has 0 unspecified atom stereocenters. The molecule has 0 spiro atoms. The molecule has 59 heavy (non-hydrogen) atoms. The highest BCUT2D eigenvalue weighted by atomic mass is 15.2. The first-order chi connectivity index (χ1) is 28.8. The summed E-state index contributed by atoms with van der Waals surface area (Å²) in [6.45, 7) is 9.33. The van der Waals surface area contributed by atoms with Crippen molar-refractivity contribution in [3.05, 3.63) is 204 Å². The fraction of sp³-hybridized carbons (Fsp3) is 0.111. The summed E-state index contributed by atoms with van der Waals surface area (Å²) < 4.78 is 2.31. The number of hydrogen-bond acceptors (Lipinski definition) is 3. The van der Waals surface area contributed by atoms with Gasteiger partial charge in [-0.15, -0.1) is 0 Å². The van der Waals surface area contributed by atoms with Gasteiger partial charge in [0.25, 0.3) is 0 Å². The van der Waals surface area contributed by atoms with Crippen LogP contribution in [0.25, 0.3) is 61.0 Å². The van der Waals surface area contributed by atoms with Crippen LogP contribution >= 0.6 is 0 Å². The van der Waals surface area contributed by atoms with Crippen LogP contribution in [-0.2, 0) is 10.8 Å². The summed E-state index contributed by atoms with van der Waals surface area (Å²) in [6.07, 6.45) is 1.89. The van der Waals surface area contributed by atoms with Crippen LogP contribution in [-0.4, -0.2) is 19.5 Å². The number of rotatable bonds is 6. The smallest absolute Gasteiger partial charge is 0.147 e. The average molecular weight is 762 g/mol. The van der Waals surface area contributed by atoms with E-state index in [2.05, 4.69) is 212 Å². The van der Waals surface area contributed by atoms with Crippen molar-refractivity contribution in [2.24, 2.45) is 0 Å². The lowest BCUT2D eigenvalue weighted by atomic mass is 9.71. The Morgan fingerprint density at radius 3 is 2.05 bits per heavy atom. The molecule has 0 saturated carbocycles. The fourth-order valence-electron chi connectivity index (χ4n) is 9.49. The molecule has 0 bridgehead atoms. The van der Waals surface area contributed by atoms with Crippen molar-refractivity contribution in [1.82, 2.24) is 19.5 Å². The first kappa shape index (κ1) is 35.0. The second kappa shape index (κ2) is 13.2. The van der Waals surface area contributed by atoms with E-state index in [9.17, 15) is 0 Å². The third-order valence-corrected chi connectivity index (χ3v) is 12.7. The van der Waals surface area contributed by atoms with Gasteiger partial charge < -0.3 is 4.98 Å². The van der Waals surface area contributed by atoms with Crippen LogP contribution < -0.4 is 4.90 Å². The fourth-order valence-corrected chi connectivity index (χ4v) is 9.49. The van der Waals surface area contributed by atoms with Gasteiger partial charge in [-0.05, 0) is 82.4 Å². The molecule has 0 atom stereocenters. The zero-order chi connectivity index (χ0) is 39.9. The SMILES string of the molecule is CC(C)(c1ccccc1)c1ccc2c(c1)N(c1ccccn1)c1cc(-c3cccc4c3nc(-c3cccc5c3[nH]c3ccccc35)n4-c3ccccc3)ccc1C2(C)C. The van der Waals surface area contributed by atoms with Gasteiger partial charge in [0.05, 0.1) is 27.9 Å². The van der Waals surface area contributed by atoms with Crippen LogP contribution in [0.4, 0.5) is 17.2 Å². The Labute approximate surface area is 344 Å². The van der Waals surface area contributed by atoms with Gasteiger partial charge in [0.1, 0.15) is 11.6 Å². The molecule has 0 saturated heterocycles. The molecule has 5 heteroatoms. The average Bonchev–Trinajstić information content (AvgIpc) is 3.86. The first-order valence-corrected chi connectivity index (χ1v) is 20.4. The normalized spacial score (nSPS) is 13.5. The monoisotopic (exact) mass is 761 g/mol. The molecule has 284 valence electrons. The van der Waals surface area contributed by atoms with Crippen molar-refractivity contribution in [2.45, 2.75) is 38.5 Å². The predicted molar refractivity (Wildman–Crippen MR) is 244 cm³/mol. The molecule has 11 rings (SSSR count). The highest BCUT2D eigenvalue weighted by Gasteiger charge is 2.39. The van der Waals surface area contributed by atoms with Gasteiger partial charge in [-0.3, -0.25) is 9.47 Å². The van der Waals surface area contributed by atoms with Crippen LogP contribution in [0.1, 0.15) is 49.9 Å². The van der Waals surface area contributed by atoms with E-state index in [4.69, 9.17) is 9.97 Å². The molecule has 0 fully saturated rings. The van der Waals surface area contributed by atoms with Crippen molar-refractivity contribution < 1.29 is 0 Å². The molecular formula is C54H43N5. The summed E-state index contributed by atoms with van der Waals surface area (Å²) in [5.74, 6) is 1.78. The molecule has 1 N–H and O–H groups in total. The highest BCUT2D eigenvalue weighted by molar-refractivity contribution is 6.12. The summed E-state index contributed by atoms with van der Waals surface area (Å²) >= 11 is 0. The summed E-state index contributed by atoms with van der Waals surface area (Å²) in [4.78, 5) is 16.7. The quantitative estimate of drug-likeness (QED) is 0.184. The Hall–Kier alpha value is -7.24. The van der Waals surface area contributed by atoms with Gasteiger partial charge in [0, 0.05) is 50.1 Å². The number of imidazole rings is 1.